The lowest BCUT2D eigenvalue weighted by molar-refractivity contribution is -0.280. The molecule has 0 heterocycles. The Labute approximate surface area is 135 Å². The Kier molecular flexibility index (Phi) is 6.15. The molecule has 0 bridgehead atoms. The van der Waals surface area contributed by atoms with Crippen molar-refractivity contribution in [2.45, 2.75) is 38.0 Å². The second-order valence-electron chi connectivity index (χ2n) is 5.69. The summed E-state index contributed by atoms with van der Waals surface area (Å²) < 4.78 is 69.9. The van der Waals surface area contributed by atoms with E-state index in [9.17, 15) is 31.9 Å². The minimum Gasteiger partial charge on any atom is -0.490 e. The van der Waals surface area contributed by atoms with E-state index in [0.29, 0.717) is 12.2 Å². The highest BCUT2D eigenvalue weighted by Crippen LogP contribution is 2.36. The van der Waals surface area contributed by atoms with Crippen LogP contribution in [0.2, 0.25) is 0 Å². The first kappa shape index (κ1) is 20.1. The zero-order chi connectivity index (χ0) is 18.6. The SMILES string of the molecule is CC(C)(O)Cc1ccc(OCCOC(=O)C(F)(F)C(F)(F)F)cc1. The van der Waals surface area contributed by atoms with Crippen LogP contribution in [0.3, 0.4) is 0 Å². The Hall–Kier alpha value is -1.90. The van der Waals surface area contributed by atoms with Crippen molar-refractivity contribution in [2.75, 3.05) is 13.2 Å². The van der Waals surface area contributed by atoms with Crippen molar-refractivity contribution in [1.82, 2.24) is 0 Å². The number of hydrogen-bond acceptors (Lipinski definition) is 4. The fourth-order valence-corrected chi connectivity index (χ4v) is 1.70. The van der Waals surface area contributed by atoms with Crippen molar-refractivity contribution in [2.24, 2.45) is 0 Å². The van der Waals surface area contributed by atoms with Gasteiger partial charge in [0, 0.05) is 6.42 Å². The maximum absolute atomic E-state index is 12.6. The summed E-state index contributed by atoms with van der Waals surface area (Å²) in [5.41, 5.74) is -0.0635. The Morgan fingerprint density at radius 2 is 1.58 bits per heavy atom. The van der Waals surface area contributed by atoms with Crippen LogP contribution in [-0.4, -0.2) is 42.0 Å². The van der Waals surface area contributed by atoms with E-state index in [1.165, 1.54) is 12.1 Å². The van der Waals surface area contributed by atoms with Gasteiger partial charge in [-0.15, -0.1) is 0 Å². The molecule has 0 unspecified atom stereocenters. The summed E-state index contributed by atoms with van der Waals surface area (Å²) in [7, 11) is 0. The fourth-order valence-electron chi connectivity index (χ4n) is 1.70. The molecule has 9 heteroatoms. The summed E-state index contributed by atoms with van der Waals surface area (Å²) >= 11 is 0. The number of carbonyl (C=O) groups excluding carboxylic acids is 1. The van der Waals surface area contributed by atoms with Crippen molar-refractivity contribution in [1.29, 1.82) is 0 Å². The van der Waals surface area contributed by atoms with E-state index in [4.69, 9.17) is 4.74 Å². The first-order chi connectivity index (χ1) is 10.8. The molecule has 0 aromatic heterocycles. The molecule has 0 radical (unpaired) electrons. The number of benzene rings is 1. The van der Waals surface area contributed by atoms with Crippen LogP contribution in [0.5, 0.6) is 5.75 Å². The Bertz CT molecular complexity index is 546. The van der Waals surface area contributed by atoms with Crippen LogP contribution in [0.4, 0.5) is 22.0 Å². The Balaban J connectivity index is 2.42. The molecule has 0 aliphatic rings. The molecule has 4 nitrogen and oxygen atoms in total. The molecule has 136 valence electrons. The molecular formula is C15H17F5O4. The quantitative estimate of drug-likeness (QED) is 0.463. The van der Waals surface area contributed by atoms with Crippen LogP contribution >= 0.6 is 0 Å². The number of rotatable bonds is 7. The summed E-state index contributed by atoms with van der Waals surface area (Å²) in [4.78, 5) is 10.7. The molecule has 0 amide bonds. The van der Waals surface area contributed by atoms with Crippen LogP contribution < -0.4 is 4.74 Å². The maximum Gasteiger partial charge on any atom is 0.465 e. The van der Waals surface area contributed by atoms with Gasteiger partial charge in [-0.1, -0.05) is 12.1 Å². The molecule has 1 N–H and O–H groups in total. The van der Waals surface area contributed by atoms with Gasteiger partial charge in [-0.2, -0.15) is 22.0 Å². The number of ether oxygens (including phenoxy) is 2. The summed E-state index contributed by atoms with van der Waals surface area (Å²) in [6.45, 7) is 2.14. The summed E-state index contributed by atoms with van der Waals surface area (Å²) in [5.74, 6) is -7.90. The first-order valence-electron chi connectivity index (χ1n) is 6.89. The third-order valence-corrected chi connectivity index (χ3v) is 2.76. The Morgan fingerprint density at radius 3 is 2.04 bits per heavy atom. The molecule has 1 aromatic rings. The highest BCUT2D eigenvalue weighted by Gasteiger charge is 2.64. The second-order valence-corrected chi connectivity index (χ2v) is 5.69. The molecule has 0 atom stereocenters. The number of esters is 1. The van der Waals surface area contributed by atoms with Crippen LogP contribution in [0.25, 0.3) is 0 Å². The van der Waals surface area contributed by atoms with Crippen LogP contribution in [-0.2, 0) is 16.0 Å². The predicted molar refractivity (Wildman–Crippen MR) is 73.9 cm³/mol. The van der Waals surface area contributed by atoms with Gasteiger partial charge in [-0.25, -0.2) is 4.79 Å². The fraction of sp³-hybridized carbons (Fsp3) is 0.533. The number of aliphatic hydroxyl groups is 1. The van der Waals surface area contributed by atoms with E-state index < -0.39 is 30.3 Å². The number of hydrogen-bond donors (Lipinski definition) is 1. The van der Waals surface area contributed by atoms with E-state index in [2.05, 4.69) is 4.74 Å². The van der Waals surface area contributed by atoms with Crippen LogP contribution in [0.15, 0.2) is 24.3 Å². The first-order valence-corrected chi connectivity index (χ1v) is 6.89. The standard InChI is InChI=1S/C15H17F5O4/c1-13(2,22)9-10-3-5-11(6-4-10)23-7-8-24-12(21)14(16,17)15(18,19)20/h3-6,22H,7-9H2,1-2H3. The normalized spacial score (nSPS) is 12.8. The molecule has 0 saturated carbocycles. The highest BCUT2D eigenvalue weighted by atomic mass is 19.4. The van der Waals surface area contributed by atoms with Gasteiger partial charge >= 0.3 is 18.1 Å². The average molecular weight is 356 g/mol. The molecule has 1 rings (SSSR count). The molecule has 24 heavy (non-hydrogen) atoms. The third-order valence-electron chi connectivity index (χ3n) is 2.76. The molecule has 0 fully saturated rings. The molecule has 1 aromatic carbocycles. The summed E-state index contributed by atoms with van der Waals surface area (Å²) in [6.07, 6.45) is -5.60. The van der Waals surface area contributed by atoms with Gasteiger partial charge in [0.2, 0.25) is 0 Å². The van der Waals surface area contributed by atoms with Crippen molar-refractivity contribution in [3.05, 3.63) is 29.8 Å². The van der Waals surface area contributed by atoms with Crippen molar-refractivity contribution in [3.63, 3.8) is 0 Å². The van der Waals surface area contributed by atoms with Gasteiger partial charge in [-0.3, -0.25) is 0 Å². The largest absolute Gasteiger partial charge is 0.490 e. The van der Waals surface area contributed by atoms with Crippen LogP contribution in [0.1, 0.15) is 19.4 Å². The van der Waals surface area contributed by atoms with Gasteiger partial charge in [-0.05, 0) is 31.5 Å². The minimum absolute atomic E-state index is 0.313. The zero-order valence-corrected chi connectivity index (χ0v) is 13.0. The van der Waals surface area contributed by atoms with Gasteiger partial charge in [0.1, 0.15) is 19.0 Å². The smallest absolute Gasteiger partial charge is 0.465 e. The molecule has 0 spiro atoms. The van der Waals surface area contributed by atoms with Crippen LogP contribution in [0, 0.1) is 0 Å². The summed E-state index contributed by atoms with van der Waals surface area (Å²) in [5, 5.41) is 9.67. The minimum atomic E-state index is -6.00. The van der Waals surface area contributed by atoms with Crippen molar-refractivity contribution >= 4 is 5.97 Å². The predicted octanol–water partition coefficient (Wildman–Crippen LogP) is 3.12. The molecule has 0 aliphatic carbocycles. The van der Waals surface area contributed by atoms with Gasteiger partial charge in [0.15, 0.2) is 0 Å². The highest BCUT2D eigenvalue weighted by molar-refractivity contribution is 5.78. The molecule has 0 aliphatic heterocycles. The van der Waals surface area contributed by atoms with Crippen molar-refractivity contribution in [3.8, 4) is 5.75 Å². The van der Waals surface area contributed by atoms with Gasteiger partial charge in [0.25, 0.3) is 0 Å². The second kappa shape index (κ2) is 7.33. The monoisotopic (exact) mass is 356 g/mol. The third kappa shape index (κ3) is 5.95. The lowest BCUT2D eigenvalue weighted by atomic mass is 9.99. The lowest BCUT2D eigenvalue weighted by Crippen LogP contribution is -2.45. The van der Waals surface area contributed by atoms with Gasteiger partial charge < -0.3 is 14.6 Å². The van der Waals surface area contributed by atoms with Crippen molar-refractivity contribution < 1.29 is 41.3 Å². The topological polar surface area (TPSA) is 55.8 Å². The van der Waals surface area contributed by atoms with E-state index in [1.54, 1.807) is 26.0 Å². The van der Waals surface area contributed by atoms with E-state index in [0.717, 1.165) is 5.56 Å². The van der Waals surface area contributed by atoms with E-state index >= 15 is 0 Å². The number of halogens is 5. The average Bonchev–Trinajstić information content (AvgIpc) is 2.42. The van der Waals surface area contributed by atoms with E-state index in [-0.39, 0.29) is 6.61 Å². The Morgan fingerprint density at radius 1 is 1.04 bits per heavy atom. The zero-order valence-electron chi connectivity index (χ0n) is 13.0. The summed E-state index contributed by atoms with van der Waals surface area (Å²) in [6, 6.07) is 6.40. The molecule has 0 saturated heterocycles. The maximum atomic E-state index is 12.6. The van der Waals surface area contributed by atoms with E-state index in [1.807, 2.05) is 0 Å². The number of carbonyl (C=O) groups is 1. The lowest BCUT2D eigenvalue weighted by Gasteiger charge is -2.18. The molecular weight excluding hydrogens is 339 g/mol. The number of alkyl halides is 5. The van der Waals surface area contributed by atoms with Gasteiger partial charge in [0.05, 0.1) is 5.60 Å².